The molecule has 0 radical (unpaired) electrons. The molecular formula is C19H29IN4O2. The normalized spacial score (nSPS) is 26.2. The number of likely N-dealkylation sites (tertiary alicyclic amines) is 1. The minimum Gasteiger partial charge on any atom is -0.488 e. The first kappa shape index (κ1) is 19.7. The number of hydrogen-bond acceptors (Lipinski definition) is 4. The zero-order chi connectivity index (χ0) is 17.1. The van der Waals surface area contributed by atoms with Gasteiger partial charge in [0, 0.05) is 45.7 Å². The minimum absolute atomic E-state index is 0. The van der Waals surface area contributed by atoms with Gasteiger partial charge < -0.3 is 19.7 Å². The van der Waals surface area contributed by atoms with E-state index in [-0.39, 0.29) is 30.1 Å². The summed E-state index contributed by atoms with van der Waals surface area (Å²) in [5, 5.41) is 3.52. The zero-order valence-electron chi connectivity index (χ0n) is 15.4. The molecule has 0 saturated carbocycles. The van der Waals surface area contributed by atoms with Gasteiger partial charge in [-0.25, -0.2) is 0 Å². The van der Waals surface area contributed by atoms with Crippen molar-refractivity contribution in [3.63, 3.8) is 0 Å². The predicted octanol–water partition coefficient (Wildman–Crippen LogP) is 1.59. The first-order valence-electron chi connectivity index (χ1n) is 9.35. The van der Waals surface area contributed by atoms with Crippen molar-refractivity contribution in [3.8, 4) is 5.75 Å². The fraction of sp³-hybridized carbons (Fsp3) is 0.632. The lowest BCUT2D eigenvalue weighted by atomic mass is 10.1. The van der Waals surface area contributed by atoms with Gasteiger partial charge in [-0.2, -0.15) is 0 Å². The van der Waals surface area contributed by atoms with Crippen molar-refractivity contribution in [1.29, 1.82) is 0 Å². The van der Waals surface area contributed by atoms with Crippen molar-refractivity contribution >= 4 is 29.9 Å². The number of aliphatic imine (C=N–C) groups is 1. The van der Waals surface area contributed by atoms with Crippen LogP contribution >= 0.6 is 24.0 Å². The topological polar surface area (TPSA) is 49.3 Å². The Hall–Kier alpha value is -1.06. The Morgan fingerprint density at radius 2 is 2.04 bits per heavy atom. The Balaban J connectivity index is 0.00000196. The molecule has 2 atom stereocenters. The first-order valence-corrected chi connectivity index (χ1v) is 9.35. The van der Waals surface area contributed by atoms with Gasteiger partial charge in [0.2, 0.25) is 0 Å². The molecule has 3 aliphatic heterocycles. The molecule has 0 aliphatic carbocycles. The highest BCUT2D eigenvalue weighted by molar-refractivity contribution is 14.0. The van der Waals surface area contributed by atoms with Crippen LogP contribution in [-0.4, -0.2) is 80.9 Å². The van der Waals surface area contributed by atoms with Crippen molar-refractivity contribution < 1.29 is 9.47 Å². The summed E-state index contributed by atoms with van der Waals surface area (Å²) < 4.78 is 11.5. The highest BCUT2D eigenvalue weighted by Crippen LogP contribution is 2.27. The SMILES string of the molecule is CN=C(NCC1Cc2ccccc2O1)N1CCC(N2CCOCC2)C1.I. The van der Waals surface area contributed by atoms with Gasteiger partial charge in [-0.05, 0) is 18.1 Å². The molecule has 2 saturated heterocycles. The number of nitrogens with zero attached hydrogens (tertiary/aromatic N) is 3. The highest BCUT2D eigenvalue weighted by atomic mass is 127. The van der Waals surface area contributed by atoms with Gasteiger partial charge in [-0.3, -0.25) is 9.89 Å². The second-order valence-electron chi connectivity index (χ2n) is 7.02. The maximum Gasteiger partial charge on any atom is 0.193 e. The summed E-state index contributed by atoms with van der Waals surface area (Å²) in [5.41, 5.74) is 1.30. The molecule has 3 aliphatic rings. The van der Waals surface area contributed by atoms with Gasteiger partial charge in [-0.1, -0.05) is 18.2 Å². The summed E-state index contributed by atoms with van der Waals surface area (Å²) in [6.07, 6.45) is 2.36. The number of halogens is 1. The number of ether oxygens (including phenoxy) is 2. The van der Waals surface area contributed by atoms with Crippen molar-refractivity contribution in [2.45, 2.75) is 25.0 Å². The van der Waals surface area contributed by atoms with E-state index in [1.807, 2.05) is 13.1 Å². The van der Waals surface area contributed by atoms with Gasteiger partial charge in [0.25, 0.3) is 0 Å². The van der Waals surface area contributed by atoms with E-state index < -0.39 is 0 Å². The lowest BCUT2D eigenvalue weighted by molar-refractivity contribution is 0.0194. The van der Waals surface area contributed by atoms with Gasteiger partial charge >= 0.3 is 0 Å². The van der Waals surface area contributed by atoms with Gasteiger partial charge in [0.15, 0.2) is 5.96 Å². The third-order valence-electron chi connectivity index (χ3n) is 5.44. The molecule has 1 aromatic rings. The summed E-state index contributed by atoms with van der Waals surface area (Å²) in [5.74, 6) is 2.02. The molecule has 1 aromatic carbocycles. The van der Waals surface area contributed by atoms with Crippen LogP contribution in [0.3, 0.4) is 0 Å². The number of fused-ring (bicyclic) bond motifs is 1. The molecule has 3 heterocycles. The monoisotopic (exact) mass is 472 g/mol. The lowest BCUT2D eigenvalue weighted by Crippen LogP contribution is -2.47. The number of nitrogens with one attached hydrogen (secondary N) is 1. The van der Waals surface area contributed by atoms with Crippen molar-refractivity contribution in [3.05, 3.63) is 29.8 Å². The fourth-order valence-electron chi connectivity index (χ4n) is 4.08. The van der Waals surface area contributed by atoms with Crippen LogP contribution in [0.2, 0.25) is 0 Å². The van der Waals surface area contributed by atoms with Crippen molar-refractivity contribution in [2.75, 3.05) is 53.0 Å². The standard InChI is InChI=1S/C19H28N4O2.HI/c1-20-19(21-13-17-12-15-4-2-3-5-18(15)25-17)23-7-6-16(14-23)22-8-10-24-11-9-22;/h2-5,16-17H,6-14H2,1H3,(H,20,21);1H. The molecule has 1 N–H and O–H groups in total. The number of rotatable bonds is 3. The van der Waals surface area contributed by atoms with E-state index in [9.17, 15) is 0 Å². The van der Waals surface area contributed by atoms with Gasteiger partial charge in [0.1, 0.15) is 11.9 Å². The number of para-hydroxylation sites is 1. The Morgan fingerprint density at radius 1 is 1.23 bits per heavy atom. The summed E-state index contributed by atoms with van der Waals surface area (Å²) >= 11 is 0. The lowest BCUT2D eigenvalue weighted by Gasteiger charge is -2.32. The molecule has 2 unspecified atom stereocenters. The van der Waals surface area contributed by atoms with Crippen LogP contribution in [0.15, 0.2) is 29.3 Å². The average Bonchev–Trinajstić information content (AvgIpc) is 3.30. The molecule has 26 heavy (non-hydrogen) atoms. The van der Waals surface area contributed by atoms with E-state index in [1.165, 1.54) is 12.0 Å². The predicted molar refractivity (Wildman–Crippen MR) is 114 cm³/mol. The molecule has 4 rings (SSSR count). The van der Waals surface area contributed by atoms with Crippen LogP contribution in [0.25, 0.3) is 0 Å². The van der Waals surface area contributed by atoms with Crippen molar-refractivity contribution in [1.82, 2.24) is 15.1 Å². The van der Waals surface area contributed by atoms with Gasteiger partial charge in [0.05, 0.1) is 19.8 Å². The number of benzene rings is 1. The quantitative estimate of drug-likeness (QED) is 0.412. The third kappa shape index (κ3) is 4.43. The number of morpholine rings is 1. The van der Waals surface area contributed by atoms with E-state index in [1.54, 1.807) is 0 Å². The Kier molecular flexibility index (Phi) is 6.99. The van der Waals surface area contributed by atoms with Crippen molar-refractivity contribution in [2.24, 2.45) is 4.99 Å². The highest BCUT2D eigenvalue weighted by Gasteiger charge is 2.31. The summed E-state index contributed by atoms with van der Waals surface area (Å²) in [6, 6.07) is 8.93. The molecule has 0 aromatic heterocycles. The minimum atomic E-state index is 0. The van der Waals surface area contributed by atoms with Crippen LogP contribution in [0.5, 0.6) is 5.75 Å². The van der Waals surface area contributed by atoms with Crippen LogP contribution in [-0.2, 0) is 11.2 Å². The third-order valence-corrected chi connectivity index (χ3v) is 5.44. The Morgan fingerprint density at radius 3 is 2.81 bits per heavy atom. The molecule has 0 amide bonds. The molecule has 7 heteroatoms. The van der Waals surface area contributed by atoms with Crippen LogP contribution in [0, 0.1) is 0 Å². The molecule has 6 nitrogen and oxygen atoms in total. The summed E-state index contributed by atoms with van der Waals surface area (Å²) in [6.45, 7) is 6.74. The summed E-state index contributed by atoms with van der Waals surface area (Å²) in [4.78, 5) is 9.43. The van der Waals surface area contributed by atoms with E-state index in [0.29, 0.717) is 6.04 Å². The smallest absolute Gasteiger partial charge is 0.193 e. The van der Waals surface area contributed by atoms with Crippen LogP contribution in [0.1, 0.15) is 12.0 Å². The second-order valence-corrected chi connectivity index (χ2v) is 7.02. The number of hydrogen-bond donors (Lipinski definition) is 1. The molecule has 0 spiro atoms. The second kappa shape index (κ2) is 9.23. The Bertz CT molecular complexity index is 596. The van der Waals surface area contributed by atoms with Crippen LogP contribution < -0.4 is 10.1 Å². The largest absolute Gasteiger partial charge is 0.488 e. The van der Waals surface area contributed by atoms with E-state index in [4.69, 9.17) is 9.47 Å². The van der Waals surface area contributed by atoms with E-state index in [2.05, 4.69) is 38.3 Å². The molecular weight excluding hydrogens is 443 g/mol. The van der Waals surface area contributed by atoms with E-state index in [0.717, 1.165) is 64.1 Å². The average molecular weight is 472 g/mol. The molecule has 144 valence electrons. The van der Waals surface area contributed by atoms with E-state index >= 15 is 0 Å². The molecule has 2 fully saturated rings. The fourth-order valence-corrected chi connectivity index (χ4v) is 4.08. The van der Waals surface area contributed by atoms with Crippen LogP contribution in [0.4, 0.5) is 0 Å². The zero-order valence-corrected chi connectivity index (χ0v) is 17.7. The maximum absolute atomic E-state index is 6.02. The Labute approximate surface area is 172 Å². The maximum atomic E-state index is 6.02. The summed E-state index contributed by atoms with van der Waals surface area (Å²) in [7, 11) is 1.87. The van der Waals surface area contributed by atoms with Gasteiger partial charge in [-0.15, -0.1) is 24.0 Å². The number of guanidine groups is 1. The molecule has 0 bridgehead atoms. The first-order chi connectivity index (χ1) is 12.3.